The van der Waals surface area contributed by atoms with E-state index in [1.807, 2.05) is 17.0 Å². The van der Waals surface area contributed by atoms with Crippen LogP contribution >= 0.6 is 0 Å². The largest absolute Gasteiger partial charge is 0.382 e. The lowest BCUT2D eigenvalue weighted by Crippen LogP contribution is -2.38. The third-order valence-corrected chi connectivity index (χ3v) is 6.22. The Hall–Kier alpha value is -3.42. The van der Waals surface area contributed by atoms with Gasteiger partial charge in [-0.25, -0.2) is 9.97 Å². The quantitative estimate of drug-likeness (QED) is 0.526. The molecule has 4 aromatic rings. The van der Waals surface area contributed by atoms with E-state index >= 15 is 0 Å². The number of carbonyl (C=O) groups excluding carboxylic acids is 1. The third kappa shape index (κ3) is 3.22. The molecule has 5 rings (SSSR count). The van der Waals surface area contributed by atoms with Gasteiger partial charge in [0.1, 0.15) is 11.3 Å². The summed E-state index contributed by atoms with van der Waals surface area (Å²) in [5.74, 6) is 1.73. The van der Waals surface area contributed by atoms with E-state index in [1.54, 1.807) is 13.1 Å². The second-order valence-electron chi connectivity index (χ2n) is 8.62. The van der Waals surface area contributed by atoms with Crippen LogP contribution in [-0.4, -0.2) is 48.6 Å². The minimum absolute atomic E-state index is 0.120. The van der Waals surface area contributed by atoms with Gasteiger partial charge < -0.3 is 15.2 Å². The second-order valence-corrected chi connectivity index (χ2v) is 8.62. The fourth-order valence-electron chi connectivity index (χ4n) is 4.76. The van der Waals surface area contributed by atoms with Crippen LogP contribution in [0.15, 0.2) is 30.5 Å². The van der Waals surface area contributed by atoms with Gasteiger partial charge in [-0.3, -0.25) is 9.89 Å². The number of carbonyl (C=O) groups is 1. The normalized spacial score (nSPS) is 17.2. The highest BCUT2D eigenvalue weighted by Crippen LogP contribution is 2.37. The monoisotopic (exact) mass is 417 g/mol. The van der Waals surface area contributed by atoms with Crippen LogP contribution in [0.25, 0.3) is 33.2 Å². The van der Waals surface area contributed by atoms with Crippen LogP contribution < -0.4 is 5.73 Å². The molecule has 0 unspecified atom stereocenters. The number of likely N-dealkylation sites (tertiary alicyclic amines) is 1. The zero-order valence-corrected chi connectivity index (χ0v) is 18.1. The summed E-state index contributed by atoms with van der Waals surface area (Å²) in [5, 5.41) is 8.16. The van der Waals surface area contributed by atoms with Gasteiger partial charge in [0.15, 0.2) is 5.82 Å². The first-order valence-corrected chi connectivity index (χ1v) is 10.8. The molecule has 4 heterocycles. The predicted molar refractivity (Wildman–Crippen MR) is 122 cm³/mol. The van der Waals surface area contributed by atoms with Crippen LogP contribution in [0.4, 0.5) is 5.82 Å². The molecule has 31 heavy (non-hydrogen) atoms. The van der Waals surface area contributed by atoms with Crippen molar-refractivity contribution in [1.29, 1.82) is 0 Å². The fraction of sp³-hybridized carbons (Fsp3) is 0.391. The van der Waals surface area contributed by atoms with Crippen molar-refractivity contribution >= 4 is 33.7 Å². The molecule has 160 valence electrons. The molecule has 1 fully saturated rings. The molecule has 0 bridgehead atoms. The average Bonchev–Trinajstić information content (AvgIpc) is 3.42. The Bertz CT molecular complexity index is 1270. The summed E-state index contributed by atoms with van der Waals surface area (Å²) in [6, 6.07) is 8.30. The molecule has 0 saturated carbocycles. The Morgan fingerprint density at radius 1 is 1.26 bits per heavy atom. The number of imidazole rings is 1. The molecule has 1 aromatic carbocycles. The van der Waals surface area contributed by atoms with Crippen molar-refractivity contribution in [3.05, 3.63) is 36.3 Å². The van der Waals surface area contributed by atoms with E-state index in [9.17, 15) is 4.79 Å². The first-order valence-electron chi connectivity index (χ1n) is 10.8. The van der Waals surface area contributed by atoms with Gasteiger partial charge in [-0.2, -0.15) is 5.10 Å². The Balaban J connectivity index is 1.71. The van der Waals surface area contributed by atoms with Crippen LogP contribution in [-0.2, 0) is 4.79 Å². The molecule has 1 saturated heterocycles. The van der Waals surface area contributed by atoms with Crippen molar-refractivity contribution in [1.82, 2.24) is 29.6 Å². The second kappa shape index (κ2) is 7.37. The van der Waals surface area contributed by atoms with Gasteiger partial charge >= 0.3 is 0 Å². The van der Waals surface area contributed by atoms with E-state index in [2.05, 4.69) is 45.7 Å². The number of amides is 1. The van der Waals surface area contributed by atoms with Crippen LogP contribution in [0.2, 0.25) is 0 Å². The van der Waals surface area contributed by atoms with Crippen LogP contribution in [0.5, 0.6) is 0 Å². The number of rotatable bonds is 3. The number of nitrogen functional groups attached to an aromatic ring is 1. The topological polar surface area (TPSA) is 106 Å². The molecule has 1 amide bonds. The number of fused-ring (bicyclic) bond motifs is 3. The van der Waals surface area contributed by atoms with Crippen LogP contribution in [0.1, 0.15) is 51.4 Å². The average molecular weight is 418 g/mol. The van der Waals surface area contributed by atoms with Crippen molar-refractivity contribution in [3.63, 3.8) is 0 Å². The molecule has 0 radical (unpaired) electrons. The minimum atomic E-state index is 0.120. The molecule has 8 heteroatoms. The number of nitrogens with one attached hydrogen (secondary N) is 1. The van der Waals surface area contributed by atoms with Gasteiger partial charge in [-0.15, -0.1) is 0 Å². The fourth-order valence-corrected chi connectivity index (χ4v) is 4.76. The van der Waals surface area contributed by atoms with Crippen molar-refractivity contribution in [2.45, 2.75) is 45.6 Å². The van der Waals surface area contributed by atoms with E-state index in [4.69, 9.17) is 10.7 Å². The molecule has 3 aromatic heterocycles. The smallest absolute Gasteiger partial charge is 0.219 e. The first kappa shape index (κ1) is 19.5. The number of hydrogen-bond acceptors (Lipinski definition) is 5. The lowest BCUT2D eigenvalue weighted by atomic mass is 9.96. The number of aromatic nitrogens is 5. The molecule has 0 spiro atoms. The number of anilines is 1. The maximum Gasteiger partial charge on any atom is 0.219 e. The number of piperidine rings is 1. The maximum atomic E-state index is 12.0. The summed E-state index contributed by atoms with van der Waals surface area (Å²) in [5.41, 5.74) is 10.8. The van der Waals surface area contributed by atoms with E-state index in [0.717, 1.165) is 58.4 Å². The van der Waals surface area contributed by atoms with Gasteiger partial charge in [0.2, 0.25) is 5.91 Å². The molecule has 1 aliphatic heterocycles. The summed E-state index contributed by atoms with van der Waals surface area (Å²) >= 11 is 0. The molecule has 1 aliphatic rings. The SMILES string of the molecule is CC(=O)N1CCC[C@H](c2nc3c(N)nc4cc(-c5cc[nH]n5)ccc4c3n2C(C)C)C1. The predicted octanol–water partition coefficient (Wildman–Crippen LogP) is 3.86. The zero-order valence-electron chi connectivity index (χ0n) is 18.1. The highest BCUT2D eigenvalue weighted by Gasteiger charge is 2.29. The van der Waals surface area contributed by atoms with Crippen LogP contribution in [0.3, 0.4) is 0 Å². The molecular weight excluding hydrogens is 390 g/mol. The first-order chi connectivity index (χ1) is 14.9. The molecule has 8 nitrogen and oxygen atoms in total. The van der Waals surface area contributed by atoms with E-state index in [0.29, 0.717) is 12.4 Å². The number of pyridine rings is 1. The number of H-pyrrole nitrogens is 1. The number of nitrogens with two attached hydrogens (primary N) is 1. The van der Waals surface area contributed by atoms with Gasteiger partial charge in [0.05, 0.1) is 16.7 Å². The molecule has 1 atom stereocenters. The number of nitrogens with zero attached hydrogens (tertiary/aromatic N) is 5. The van der Waals surface area contributed by atoms with Crippen molar-refractivity contribution in [2.24, 2.45) is 0 Å². The molecule has 0 aliphatic carbocycles. The van der Waals surface area contributed by atoms with Crippen LogP contribution in [0, 0.1) is 0 Å². The summed E-state index contributed by atoms with van der Waals surface area (Å²) in [6.07, 6.45) is 3.79. The van der Waals surface area contributed by atoms with E-state index in [1.165, 1.54) is 0 Å². The Morgan fingerprint density at radius 2 is 2.10 bits per heavy atom. The summed E-state index contributed by atoms with van der Waals surface area (Å²) in [6.45, 7) is 7.48. The van der Waals surface area contributed by atoms with Crippen molar-refractivity contribution in [3.8, 4) is 11.3 Å². The number of hydrogen-bond donors (Lipinski definition) is 2. The number of aromatic amines is 1. The van der Waals surface area contributed by atoms with E-state index < -0.39 is 0 Å². The summed E-state index contributed by atoms with van der Waals surface area (Å²) < 4.78 is 2.29. The standard InChI is InChI=1S/C23H27N7O/c1-13(2)30-21-17-7-6-15(18-8-9-25-28-18)11-19(17)26-22(24)20(21)27-23(30)16-5-4-10-29(12-16)14(3)31/h6-9,11,13,16H,4-5,10,12H2,1-3H3,(H2,24,26)(H,25,28)/t16-/m0/s1. The summed E-state index contributed by atoms with van der Waals surface area (Å²) in [7, 11) is 0. The van der Waals surface area contributed by atoms with Crippen molar-refractivity contribution < 1.29 is 4.79 Å². The Kier molecular flexibility index (Phi) is 4.64. The highest BCUT2D eigenvalue weighted by molar-refractivity contribution is 6.07. The molecular formula is C23H27N7O. The van der Waals surface area contributed by atoms with Crippen molar-refractivity contribution in [2.75, 3.05) is 18.8 Å². The highest BCUT2D eigenvalue weighted by atomic mass is 16.2. The lowest BCUT2D eigenvalue weighted by molar-refractivity contribution is -0.130. The minimum Gasteiger partial charge on any atom is -0.382 e. The Morgan fingerprint density at radius 3 is 2.81 bits per heavy atom. The number of benzene rings is 1. The third-order valence-electron chi connectivity index (χ3n) is 6.22. The van der Waals surface area contributed by atoms with Gasteiger partial charge in [0.25, 0.3) is 0 Å². The lowest BCUT2D eigenvalue weighted by Gasteiger charge is -2.32. The zero-order chi connectivity index (χ0) is 21.7. The molecule has 3 N–H and O–H groups in total. The summed E-state index contributed by atoms with van der Waals surface area (Å²) in [4.78, 5) is 23.6. The van der Waals surface area contributed by atoms with Gasteiger partial charge in [0, 0.05) is 49.1 Å². The maximum absolute atomic E-state index is 12.0. The van der Waals surface area contributed by atoms with E-state index in [-0.39, 0.29) is 17.9 Å². The Labute approximate surface area is 180 Å². The van der Waals surface area contributed by atoms with Gasteiger partial charge in [-0.05, 0) is 44.9 Å². The van der Waals surface area contributed by atoms with Gasteiger partial charge in [-0.1, -0.05) is 6.07 Å².